The Labute approximate surface area is 109 Å². The smallest absolute Gasteiger partial charge is 0.248 e. The van der Waals surface area contributed by atoms with Gasteiger partial charge in [0.25, 0.3) is 0 Å². The monoisotopic (exact) mass is 249 g/mol. The lowest BCUT2D eigenvalue weighted by molar-refractivity contribution is 0.100. The highest BCUT2D eigenvalue weighted by Crippen LogP contribution is 2.17. The Bertz CT molecular complexity index is 384. The summed E-state index contributed by atoms with van der Waals surface area (Å²) in [5, 5.41) is 0. The zero-order valence-corrected chi connectivity index (χ0v) is 11.5. The third kappa shape index (κ3) is 3.74. The van der Waals surface area contributed by atoms with Crippen molar-refractivity contribution in [2.24, 2.45) is 5.73 Å². The zero-order valence-electron chi connectivity index (χ0n) is 11.5. The van der Waals surface area contributed by atoms with Gasteiger partial charge in [0.05, 0.1) is 0 Å². The molecular formula is C14H23N3O. The molecule has 1 aromatic rings. The number of nitrogens with zero attached hydrogens (tertiary/aromatic N) is 2. The van der Waals surface area contributed by atoms with Crippen LogP contribution in [-0.4, -0.2) is 44.0 Å². The molecule has 0 saturated carbocycles. The van der Waals surface area contributed by atoms with Crippen LogP contribution in [0, 0.1) is 0 Å². The van der Waals surface area contributed by atoms with Crippen LogP contribution < -0.4 is 10.6 Å². The summed E-state index contributed by atoms with van der Waals surface area (Å²) in [5.74, 6) is -0.365. The van der Waals surface area contributed by atoms with Gasteiger partial charge in [0.15, 0.2) is 0 Å². The molecule has 4 heteroatoms. The number of likely N-dealkylation sites (N-methyl/N-ethyl adjacent to an activating group) is 1. The van der Waals surface area contributed by atoms with Crippen molar-refractivity contribution >= 4 is 11.6 Å². The number of hydrogen-bond donors (Lipinski definition) is 1. The highest BCUT2D eigenvalue weighted by molar-refractivity contribution is 5.93. The minimum atomic E-state index is -0.365. The predicted molar refractivity (Wildman–Crippen MR) is 76.0 cm³/mol. The largest absolute Gasteiger partial charge is 0.369 e. The Morgan fingerprint density at radius 1 is 1.17 bits per heavy atom. The summed E-state index contributed by atoms with van der Waals surface area (Å²) in [6.07, 6.45) is 0. The highest BCUT2D eigenvalue weighted by Gasteiger charge is 2.14. The van der Waals surface area contributed by atoms with Gasteiger partial charge in [-0.25, -0.2) is 0 Å². The first-order valence-corrected chi connectivity index (χ1v) is 6.50. The molecule has 18 heavy (non-hydrogen) atoms. The van der Waals surface area contributed by atoms with E-state index in [-0.39, 0.29) is 5.91 Å². The minimum absolute atomic E-state index is 0.365. The fraction of sp³-hybridized carbons (Fsp3) is 0.500. The molecule has 0 bridgehead atoms. The topological polar surface area (TPSA) is 49.6 Å². The average Bonchev–Trinajstić information content (AvgIpc) is 2.42. The van der Waals surface area contributed by atoms with E-state index in [0.29, 0.717) is 5.56 Å². The Balaban J connectivity index is 0.000000771. The molecule has 0 aromatic heterocycles. The Morgan fingerprint density at radius 3 is 2.33 bits per heavy atom. The van der Waals surface area contributed by atoms with Gasteiger partial charge in [-0.3, -0.25) is 4.79 Å². The quantitative estimate of drug-likeness (QED) is 0.865. The zero-order chi connectivity index (χ0) is 13.5. The van der Waals surface area contributed by atoms with E-state index in [2.05, 4.69) is 16.8 Å². The Hall–Kier alpha value is -1.55. The molecule has 1 aliphatic rings. The van der Waals surface area contributed by atoms with E-state index in [1.165, 1.54) is 0 Å². The predicted octanol–water partition coefficient (Wildman–Crippen LogP) is 1.56. The van der Waals surface area contributed by atoms with E-state index in [4.69, 9.17) is 5.73 Å². The summed E-state index contributed by atoms with van der Waals surface area (Å²) in [7, 11) is 2.12. The van der Waals surface area contributed by atoms with Gasteiger partial charge >= 0.3 is 0 Å². The number of piperazine rings is 1. The summed E-state index contributed by atoms with van der Waals surface area (Å²) < 4.78 is 0. The van der Waals surface area contributed by atoms with E-state index < -0.39 is 0 Å². The minimum Gasteiger partial charge on any atom is -0.369 e. The number of carbonyl (C=O) groups excluding carboxylic acids is 1. The fourth-order valence-corrected chi connectivity index (χ4v) is 1.92. The second-order valence-electron chi connectivity index (χ2n) is 4.20. The van der Waals surface area contributed by atoms with Gasteiger partial charge < -0.3 is 15.5 Å². The van der Waals surface area contributed by atoms with Crippen LogP contribution in [0.2, 0.25) is 0 Å². The molecule has 0 unspecified atom stereocenters. The van der Waals surface area contributed by atoms with Crippen LogP contribution in [0.4, 0.5) is 5.69 Å². The van der Waals surface area contributed by atoms with Crippen LogP contribution in [0.3, 0.4) is 0 Å². The second kappa shape index (κ2) is 7.01. The first kappa shape index (κ1) is 14.5. The van der Waals surface area contributed by atoms with Crippen molar-refractivity contribution in [1.29, 1.82) is 0 Å². The number of hydrogen-bond acceptors (Lipinski definition) is 3. The van der Waals surface area contributed by atoms with E-state index in [1.807, 2.05) is 32.0 Å². The van der Waals surface area contributed by atoms with E-state index >= 15 is 0 Å². The maximum Gasteiger partial charge on any atom is 0.248 e. The molecule has 0 atom stereocenters. The van der Waals surface area contributed by atoms with Crippen molar-refractivity contribution < 1.29 is 4.79 Å². The molecule has 0 aliphatic carbocycles. The van der Waals surface area contributed by atoms with Gasteiger partial charge in [-0.15, -0.1) is 0 Å². The lowest BCUT2D eigenvalue weighted by Gasteiger charge is -2.34. The molecule has 1 fully saturated rings. The van der Waals surface area contributed by atoms with Crippen molar-refractivity contribution in [1.82, 2.24) is 4.90 Å². The van der Waals surface area contributed by atoms with Crippen molar-refractivity contribution in [2.45, 2.75) is 13.8 Å². The average molecular weight is 249 g/mol. The summed E-state index contributed by atoms with van der Waals surface area (Å²) >= 11 is 0. The molecule has 2 N–H and O–H groups in total. The van der Waals surface area contributed by atoms with E-state index in [9.17, 15) is 4.79 Å². The van der Waals surface area contributed by atoms with Gasteiger partial charge in [-0.05, 0) is 25.2 Å². The molecule has 1 heterocycles. The first-order valence-electron chi connectivity index (χ1n) is 6.50. The Kier molecular flexibility index (Phi) is 5.65. The lowest BCUT2D eigenvalue weighted by atomic mass is 10.1. The number of carbonyl (C=O) groups is 1. The molecule has 2 rings (SSSR count). The third-order valence-electron chi connectivity index (χ3n) is 3.00. The van der Waals surface area contributed by atoms with E-state index in [0.717, 1.165) is 31.9 Å². The molecular weight excluding hydrogens is 226 g/mol. The molecule has 1 aromatic carbocycles. The molecule has 1 saturated heterocycles. The van der Waals surface area contributed by atoms with Crippen LogP contribution in [0.5, 0.6) is 0 Å². The van der Waals surface area contributed by atoms with Crippen molar-refractivity contribution in [2.75, 3.05) is 38.1 Å². The standard InChI is InChI=1S/C12H17N3O.C2H6/c1-14-5-7-15(8-6-14)11-4-2-3-10(9-11)12(13)16;1-2/h2-4,9H,5-8H2,1H3,(H2,13,16);1-2H3. The van der Waals surface area contributed by atoms with Crippen molar-refractivity contribution in [3.05, 3.63) is 29.8 Å². The van der Waals surface area contributed by atoms with Crippen LogP contribution in [0.15, 0.2) is 24.3 Å². The number of anilines is 1. The normalized spacial score (nSPS) is 15.8. The molecule has 0 spiro atoms. The number of benzene rings is 1. The summed E-state index contributed by atoms with van der Waals surface area (Å²) in [5.41, 5.74) is 6.94. The van der Waals surface area contributed by atoms with Gasteiger partial charge in [0.1, 0.15) is 0 Å². The highest BCUT2D eigenvalue weighted by atomic mass is 16.1. The maximum absolute atomic E-state index is 11.1. The third-order valence-corrected chi connectivity index (χ3v) is 3.00. The number of amides is 1. The first-order chi connectivity index (χ1) is 8.66. The second-order valence-corrected chi connectivity index (χ2v) is 4.20. The van der Waals surface area contributed by atoms with Crippen LogP contribution in [0.1, 0.15) is 24.2 Å². The molecule has 4 nitrogen and oxygen atoms in total. The summed E-state index contributed by atoms with van der Waals surface area (Å²) in [6.45, 7) is 8.11. The van der Waals surface area contributed by atoms with E-state index in [1.54, 1.807) is 6.07 Å². The Morgan fingerprint density at radius 2 is 1.78 bits per heavy atom. The number of primary amides is 1. The van der Waals surface area contributed by atoms with Crippen LogP contribution in [0.25, 0.3) is 0 Å². The lowest BCUT2D eigenvalue weighted by Crippen LogP contribution is -2.44. The van der Waals surface area contributed by atoms with Crippen molar-refractivity contribution in [3.8, 4) is 0 Å². The SMILES string of the molecule is CC.CN1CCN(c2cccc(C(N)=O)c2)CC1. The van der Waals surface area contributed by atoms with Gasteiger partial charge in [0.2, 0.25) is 5.91 Å². The number of rotatable bonds is 2. The van der Waals surface area contributed by atoms with Gasteiger partial charge in [-0.2, -0.15) is 0 Å². The van der Waals surface area contributed by atoms with Crippen LogP contribution >= 0.6 is 0 Å². The molecule has 1 amide bonds. The molecule has 100 valence electrons. The number of nitrogens with two attached hydrogens (primary N) is 1. The van der Waals surface area contributed by atoms with Crippen molar-refractivity contribution in [3.63, 3.8) is 0 Å². The molecule has 0 radical (unpaired) electrons. The summed E-state index contributed by atoms with van der Waals surface area (Å²) in [6, 6.07) is 7.53. The molecule has 1 aliphatic heterocycles. The maximum atomic E-state index is 11.1. The van der Waals surface area contributed by atoms with Crippen LogP contribution in [-0.2, 0) is 0 Å². The summed E-state index contributed by atoms with van der Waals surface area (Å²) in [4.78, 5) is 15.7. The fourth-order valence-electron chi connectivity index (χ4n) is 1.92. The van der Waals surface area contributed by atoms with Gasteiger partial charge in [-0.1, -0.05) is 19.9 Å². The van der Waals surface area contributed by atoms with Gasteiger partial charge in [0, 0.05) is 37.4 Å².